The van der Waals surface area contributed by atoms with Gasteiger partial charge in [-0.05, 0) is 41.1 Å². The number of nitrogens with zero attached hydrogens (tertiary/aromatic N) is 1. The molecule has 0 radical (unpaired) electrons. The second-order valence-electron chi connectivity index (χ2n) is 3.78. The molecule has 0 amide bonds. The Hall–Kier alpha value is -1.95. The first-order valence-corrected chi connectivity index (χ1v) is 6.65. The largest absolute Gasteiger partial charge is 0.462 e. The van der Waals surface area contributed by atoms with Gasteiger partial charge in [-0.15, -0.1) is 0 Å². The Morgan fingerprint density at radius 3 is 2.75 bits per heavy atom. The summed E-state index contributed by atoms with van der Waals surface area (Å²) in [4.78, 5) is 15.4. The van der Waals surface area contributed by atoms with Crippen molar-refractivity contribution in [1.82, 2.24) is 4.98 Å². The van der Waals surface area contributed by atoms with E-state index < -0.39 is 11.8 Å². The Morgan fingerprint density at radius 1 is 1.35 bits per heavy atom. The van der Waals surface area contributed by atoms with E-state index in [0.717, 1.165) is 0 Å². The number of carbonyl (C=O) groups is 1. The summed E-state index contributed by atoms with van der Waals surface area (Å²) in [5, 5.41) is 0. The minimum absolute atomic E-state index is 0.264. The van der Waals surface area contributed by atoms with Crippen molar-refractivity contribution < 1.29 is 18.7 Å². The van der Waals surface area contributed by atoms with Crippen LogP contribution in [0.1, 0.15) is 17.3 Å². The SMILES string of the molecule is CCOC(=O)c1ccc(Oc2ccc(Br)c(F)c2)nc1. The van der Waals surface area contributed by atoms with Crippen molar-refractivity contribution in [3.8, 4) is 11.6 Å². The average molecular weight is 340 g/mol. The maximum absolute atomic E-state index is 13.3. The number of hydrogen-bond acceptors (Lipinski definition) is 4. The fraction of sp³-hybridized carbons (Fsp3) is 0.143. The van der Waals surface area contributed by atoms with E-state index in [2.05, 4.69) is 20.9 Å². The predicted octanol–water partition coefficient (Wildman–Crippen LogP) is 3.95. The zero-order valence-corrected chi connectivity index (χ0v) is 12.2. The molecule has 0 aliphatic heterocycles. The van der Waals surface area contributed by atoms with Crippen molar-refractivity contribution in [3.63, 3.8) is 0 Å². The molecule has 0 saturated heterocycles. The number of halogens is 2. The van der Waals surface area contributed by atoms with Crippen molar-refractivity contribution in [2.24, 2.45) is 0 Å². The van der Waals surface area contributed by atoms with Crippen LogP contribution in [0, 0.1) is 5.82 Å². The number of benzene rings is 1. The number of ether oxygens (including phenoxy) is 2. The Labute approximate surface area is 123 Å². The molecule has 4 nitrogen and oxygen atoms in total. The van der Waals surface area contributed by atoms with Crippen LogP contribution in [0.5, 0.6) is 11.6 Å². The van der Waals surface area contributed by atoms with Crippen molar-refractivity contribution in [1.29, 1.82) is 0 Å². The summed E-state index contributed by atoms with van der Waals surface area (Å²) in [5.41, 5.74) is 0.334. The molecule has 0 bridgehead atoms. The molecule has 0 spiro atoms. The molecule has 0 fully saturated rings. The maximum Gasteiger partial charge on any atom is 0.339 e. The van der Waals surface area contributed by atoms with E-state index in [1.165, 1.54) is 30.5 Å². The molecule has 0 N–H and O–H groups in total. The average Bonchev–Trinajstić information content (AvgIpc) is 2.44. The third kappa shape index (κ3) is 3.54. The predicted molar refractivity (Wildman–Crippen MR) is 74.4 cm³/mol. The van der Waals surface area contributed by atoms with Gasteiger partial charge in [0.2, 0.25) is 5.88 Å². The summed E-state index contributed by atoms with van der Waals surface area (Å²) in [5.74, 6) is -0.284. The van der Waals surface area contributed by atoms with E-state index in [1.54, 1.807) is 13.0 Å². The third-order valence-corrected chi connectivity index (χ3v) is 3.00. The molecule has 0 aliphatic rings. The molecule has 104 valence electrons. The van der Waals surface area contributed by atoms with Crippen molar-refractivity contribution in [3.05, 3.63) is 52.4 Å². The first-order chi connectivity index (χ1) is 9.60. The number of esters is 1. The molecule has 1 heterocycles. The van der Waals surface area contributed by atoms with E-state index >= 15 is 0 Å². The van der Waals surface area contributed by atoms with Crippen LogP contribution in [0.4, 0.5) is 4.39 Å². The summed E-state index contributed by atoms with van der Waals surface area (Å²) in [6, 6.07) is 7.44. The van der Waals surface area contributed by atoms with Crippen LogP contribution in [-0.4, -0.2) is 17.6 Å². The molecule has 1 aromatic carbocycles. The topological polar surface area (TPSA) is 48.4 Å². The van der Waals surface area contributed by atoms with Crippen LogP contribution in [0.3, 0.4) is 0 Å². The van der Waals surface area contributed by atoms with Crippen LogP contribution in [0.2, 0.25) is 0 Å². The van der Waals surface area contributed by atoms with Gasteiger partial charge in [-0.2, -0.15) is 0 Å². The van der Waals surface area contributed by atoms with Crippen LogP contribution in [-0.2, 0) is 4.74 Å². The normalized spacial score (nSPS) is 10.2. The van der Waals surface area contributed by atoms with Crippen molar-refractivity contribution in [2.45, 2.75) is 6.92 Å². The van der Waals surface area contributed by atoms with E-state index in [9.17, 15) is 9.18 Å². The lowest BCUT2D eigenvalue weighted by atomic mass is 10.3. The van der Waals surface area contributed by atoms with Crippen LogP contribution >= 0.6 is 15.9 Å². The van der Waals surface area contributed by atoms with Crippen LogP contribution in [0.25, 0.3) is 0 Å². The molecule has 0 atom stereocenters. The van der Waals surface area contributed by atoms with Crippen LogP contribution < -0.4 is 4.74 Å². The fourth-order valence-corrected chi connectivity index (χ4v) is 1.68. The summed E-state index contributed by atoms with van der Waals surface area (Å²) < 4.78 is 23.9. The van der Waals surface area contributed by atoms with Gasteiger partial charge in [0.1, 0.15) is 11.6 Å². The maximum atomic E-state index is 13.3. The summed E-state index contributed by atoms with van der Waals surface area (Å²) in [6.45, 7) is 2.03. The van der Waals surface area contributed by atoms with Crippen molar-refractivity contribution in [2.75, 3.05) is 6.61 Å². The van der Waals surface area contributed by atoms with Gasteiger partial charge in [0, 0.05) is 18.3 Å². The highest BCUT2D eigenvalue weighted by Gasteiger charge is 2.08. The first-order valence-electron chi connectivity index (χ1n) is 5.86. The molecule has 2 rings (SSSR count). The molecule has 6 heteroatoms. The minimum Gasteiger partial charge on any atom is -0.462 e. The zero-order valence-electron chi connectivity index (χ0n) is 10.6. The van der Waals surface area contributed by atoms with Crippen LogP contribution in [0.15, 0.2) is 41.0 Å². The standard InChI is InChI=1S/C14H11BrFNO3/c1-2-19-14(18)9-3-6-13(17-8-9)20-10-4-5-11(15)12(16)7-10/h3-8H,2H2,1H3. The smallest absolute Gasteiger partial charge is 0.339 e. The Balaban J connectivity index is 2.10. The highest BCUT2D eigenvalue weighted by molar-refractivity contribution is 9.10. The van der Waals surface area contributed by atoms with Gasteiger partial charge in [-0.3, -0.25) is 0 Å². The molecule has 0 unspecified atom stereocenters. The third-order valence-electron chi connectivity index (χ3n) is 2.36. The lowest BCUT2D eigenvalue weighted by molar-refractivity contribution is 0.0526. The Morgan fingerprint density at radius 2 is 2.15 bits per heavy atom. The second-order valence-corrected chi connectivity index (χ2v) is 4.64. The highest BCUT2D eigenvalue weighted by atomic mass is 79.9. The first kappa shape index (κ1) is 14.5. The molecule has 0 saturated carbocycles. The minimum atomic E-state index is -0.443. The zero-order chi connectivity index (χ0) is 14.5. The van der Waals surface area contributed by atoms with E-state index in [4.69, 9.17) is 9.47 Å². The van der Waals surface area contributed by atoms with E-state index in [0.29, 0.717) is 22.4 Å². The van der Waals surface area contributed by atoms with Gasteiger partial charge in [-0.1, -0.05) is 0 Å². The number of pyridine rings is 1. The lowest BCUT2D eigenvalue weighted by Crippen LogP contribution is -2.04. The number of carbonyl (C=O) groups excluding carboxylic acids is 1. The number of rotatable bonds is 4. The lowest BCUT2D eigenvalue weighted by Gasteiger charge is -2.06. The quantitative estimate of drug-likeness (QED) is 0.791. The van der Waals surface area contributed by atoms with Gasteiger partial charge in [0.15, 0.2) is 0 Å². The van der Waals surface area contributed by atoms with Gasteiger partial charge < -0.3 is 9.47 Å². The Kier molecular flexibility index (Phi) is 4.68. The molecule has 0 aliphatic carbocycles. The van der Waals surface area contributed by atoms with Gasteiger partial charge in [0.05, 0.1) is 16.6 Å². The molecular formula is C14H11BrFNO3. The summed E-state index contributed by atoms with van der Waals surface area (Å²) >= 11 is 3.06. The van der Waals surface area contributed by atoms with E-state index in [-0.39, 0.29) is 5.88 Å². The summed E-state index contributed by atoms with van der Waals surface area (Å²) in [6.07, 6.45) is 1.35. The van der Waals surface area contributed by atoms with E-state index in [1.807, 2.05) is 0 Å². The monoisotopic (exact) mass is 339 g/mol. The van der Waals surface area contributed by atoms with Gasteiger partial charge in [0.25, 0.3) is 0 Å². The Bertz CT molecular complexity index is 616. The van der Waals surface area contributed by atoms with Crippen molar-refractivity contribution >= 4 is 21.9 Å². The number of aromatic nitrogens is 1. The van der Waals surface area contributed by atoms with Gasteiger partial charge >= 0.3 is 5.97 Å². The van der Waals surface area contributed by atoms with Gasteiger partial charge in [-0.25, -0.2) is 14.2 Å². The summed E-state index contributed by atoms with van der Waals surface area (Å²) in [7, 11) is 0. The molecule has 20 heavy (non-hydrogen) atoms. The molecule has 2 aromatic rings. The fourth-order valence-electron chi connectivity index (χ4n) is 1.44. The highest BCUT2D eigenvalue weighted by Crippen LogP contribution is 2.24. The molecule has 1 aromatic heterocycles. The second kappa shape index (κ2) is 6.47. The number of hydrogen-bond donors (Lipinski definition) is 0. The molecular weight excluding hydrogens is 329 g/mol.